The summed E-state index contributed by atoms with van der Waals surface area (Å²) >= 11 is -2.41. The van der Waals surface area contributed by atoms with Crippen LogP contribution < -0.4 is 5.32 Å². The molecule has 3 aromatic heterocycles. The summed E-state index contributed by atoms with van der Waals surface area (Å²) in [6.07, 6.45) is 7.27. The normalized spacial score (nSPS) is 13.2. The van der Waals surface area contributed by atoms with Gasteiger partial charge < -0.3 is 9.87 Å². The van der Waals surface area contributed by atoms with Crippen molar-refractivity contribution < 1.29 is 17.9 Å². The Balaban J connectivity index is 1.63. The zero-order valence-electron chi connectivity index (χ0n) is 15.7. The Kier molecular flexibility index (Phi) is 5.34. The van der Waals surface area contributed by atoms with Crippen molar-refractivity contribution in [2.75, 3.05) is 0 Å². The maximum absolute atomic E-state index is 13.2. The largest absolute Gasteiger partial charge is 0.768 e. The molecule has 0 aliphatic carbocycles. The van der Waals surface area contributed by atoms with E-state index in [1.54, 1.807) is 36.1 Å². The lowest BCUT2D eigenvalue weighted by molar-refractivity contribution is 0.0941. The second-order valence-corrected chi connectivity index (χ2v) is 7.48. The predicted molar refractivity (Wildman–Crippen MR) is 106 cm³/mol. The zero-order valence-corrected chi connectivity index (χ0v) is 16.5. The number of rotatable bonds is 5. The van der Waals surface area contributed by atoms with Gasteiger partial charge in [0.2, 0.25) is 0 Å². The summed E-state index contributed by atoms with van der Waals surface area (Å²) in [5.41, 5.74) is 2.08. The number of hydrogen-bond donors (Lipinski definition) is 1. The Hall–Kier alpha value is -3.50. The van der Waals surface area contributed by atoms with Gasteiger partial charge >= 0.3 is 0 Å². The van der Waals surface area contributed by atoms with E-state index in [1.807, 2.05) is 0 Å². The van der Waals surface area contributed by atoms with Crippen molar-refractivity contribution >= 4 is 27.9 Å². The predicted octanol–water partition coefficient (Wildman–Crippen LogP) is 2.68. The molecular weight excluding hydrogens is 409 g/mol. The molecule has 0 radical (unpaired) electrons. The molecule has 4 rings (SSSR count). The summed E-state index contributed by atoms with van der Waals surface area (Å²) < 4.78 is 37.1. The molecule has 1 N–H and O–H groups in total. The highest BCUT2D eigenvalue weighted by Crippen LogP contribution is 2.22. The van der Waals surface area contributed by atoms with Gasteiger partial charge in [0.15, 0.2) is 0 Å². The second-order valence-electron chi connectivity index (χ2n) is 6.54. The van der Waals surface area contributed by atoms with Crippen LogP contribution in [0.15, 0.2) is 66.2 Å². The van der Waals surface area contributed by atoms with Crippen LogP contribution in [0.3, 0.4) is 0 Å². The Labute approximate surface area is 173 Å². The van der Waals surface area contributed by atoms with E-state index in [-0.39, 0.29) is 10.7 Å². The molecule has 0 bridgehead atoms. The van der Waals surface area contributed by atoms with Gasteiger partial charge in [-0.25, -0.2) is 9.07 Å². The van der Waals surface area contributed by atoms with Crippen LogP contribution in [0.2, 0.25) is 0 Å². The number of amides is 1. The Morgan fingerprint density at radius 3 is 2.60 bits per heavy atom. The van der Waals surface area contributed by atoms with Crippen molar-refractivity contribution in [3.05, 3.63) is 78.3 Å². The first-order valence-corrected chi connectivity index (χ1v) is 9.94. The van der Waals surface area contributed by atoms with E-state index in [2.05, 4.69) is 20.4 Å². The Morgan fingerprint density at radius 2 is 1.87 bits per heavy atom. The lowest BCUT2D eigenvalue weighted by atomic mass is 10.1. The highest BCUT2D eigenvalue weighted by atomic mass is 32.2. The van der Waals surface area contributed by atoms with Crippen LogP contribution in [-0.2, 0) is 11.1 Å². The van der Waals surface area contributed by atoms with Gasteiger partial charge in [-0.3, -0.25) is 19.0 Å². The van der Waals surface area contributed by atoms with E-state index in [0.29, 0.717) is 27.7 Å². The second kappa shape index (κ2) is 8.09. The van der Waals surface area contributed by atoms with Crippen molar-refractivity contribution in [2.24, 2.45) is 0 Å². The molecule has 0 saturated heterocycles. The molecule has 4 aromatic rings. The molecule has 0 aliphatic heterocycles. The Bertz CT molecular complexity index is 1260. The first kappa shape index (κ1) is 19.8. The van der Waals surface area contributed by atoms with Crippen molar-refractivity contribution in [1.29, 1.82) is 0 Å². The number of fused-ring (bicyclic) bond motifs is 1. The van der Waals surface area contributed by atoms with Gasteiger partial charge in [0.05, 0.1) is 35.2 Å². The molecule has 0 fully saturated rings. The molecule has 152 valence electrons. The smallest absolute Gasteiger partial charge is 0.254 e. The number of aromatic nitrogens is 4. The van der Waals surface area contributed by atoms with Crippen molar-refractivity contribution in [3.8, 4) is 5.69 Å². The molecule has 0 aliphatic rings. The van der Waals surface area contributed by atoms with Crippen LogP contribution in [0, 0.1) is 5.82 Å². The van der Waals surface area contributed by atoms with E-state index in [9.17, 15) is 17.9 Å². The number of hydrogen-bond acceptors (Lipinski definition) is 6. The van der Waals surface area contributed by atoms with E-state index in [4.69, 9.17) is 0 Å². The molecule has 1 unspecified atom stereocenters. The van der Waals surface area contributed by atoms with Crippen molar-refractivity contribution in [2.45, 2.75) is 17.9 Å². The number of halogens is 1. The first-order chi connectivity index (χ1) is 14.4. The zero-order chi connectivity index (χ0) is 21.3. The Morgan fingerprint density at radius 1 is 1.13 bits per heavy atom. The third-order valence-electron chi connectivity index (χ3n) is 4.59. The molecule has 0 spiro atoms. The van der Waals surface area contributed by atoms with Crippen LogP contribution in [0.25, 0.3) is 16.6 Å². The number of carbonyl (C=O) groups is 1. The highest BCUT2D eigenvalue weighted by molar-refractivity contribution is 7.79. The summed E-state index contributed by atoms with van der Waals surface area (Å²) in [6.45, 7) is 1.72. The van der Waals surface area contributed by atoms with Crippen LogP contribution in [0.1, 0.15) is 28.9 Å². The molecule has 3 heterocycles. The van der Waals surface area contributed by atoms with Crippen molar-refractivity contribution in [3.63, 3.8) is 0 Å². The van der Waals surface area contributed by atoms with Crippen LogP contribution in [0.5, 0.6) is 0 Å². The number of carbonyl (C=O) groups excluding carboxylic acids is 1. The average Bonchev–Trinajstić information content (AvgIpc) is 3.18. The van der Waals surface area contributed by atoms with Gasteiger partial charge in [-0.05, 0) is 53.9 Å². The fraction of sp³-hybridized carbons (Fsp3) is 0.100. The SMILES string of the molecule is C[C@H](NC(=O)c1cncc2c1cnn2-c1ccc(F)cc1)c1cncc(S(=O)[O-])c1. The molecule has 1 amide bonds. The molecule has 2 atom stereocenters. The minimum absolute atomic E-state index is 0.0398. The summed E-state index contributed by atoms with van der Waals surface area (Å²) in [6, 6.07) is 6.77. The van der Waals surface area contributed by atoms with Gasteiger partial charge in [0.25, 0.3) is 5.91 Å². The minimum Gasteiger partial charge on any atom is -0.768 e. The number of nitrogens with one attached hydrogen (secondary N) is 1. The van der Waals surface area contributed by atoms with E-state index >= 15 is 0 Å². The van der Waals surface area contributed by atoms with E-state index in [0.717, 1.165) is 0 Å². The number of benzene rings is 1. The monoisotopic (exact) mass is 424 g/mol. The first-order valence-electron chi connectivity index (χ1n) is 8.87. The molecular formula is C20H15FN5O3S-. The third kappa shape index (κ3) is 3.82. The van der Waals surface area contributed by atoms with E-state index in [1.165, 1.54) is 36.8 Å². The highest BCUT2D eigenvalue weighted by Gasteiger charge is 2.17. The molecule has 8 nitrogen and oxygen atoms in total. The lowest BCUT2D eigenvalue weighted by Crippen LogP contribution is -2.27. The molecule has 10 heteroatoms. The average molecular weight is 424 g/mol. The van der Waals surface area contributed by atoms with Gasteiger partial charge in [-0.2, -0.15) is 5.10 Å². The van der Waals surface area contributed by atoms with Gasteiger partial charge in [0, 0.05) is 28.9 Å². The van der Waals surface area contributed by atoms with Gasteiger partial charge in [0.1, 0.15) is 5.82 Å². The topological polar surface area (TPSA) is 113 Å². The summed E-state index contributed by atoms with van der Waals surface area (Å²) in [5, 5.41) is 7.70. The summed E-state index contributed by atoms with van der Waals surface area (Å²) in [5.74, 6) is -0.755. The number of pyridine rings is 2. The van der Waals surface area contributed by atoms with Gasteiger partial charge in [-0.15, -0.1) is 0 Å². The van der Waals surface area contributed by atoms with Crippen molar-refractivity contribution in [1.82, 2.24) is 25.1 Å². The lowest BCUT2D eigenvalue weighted by Gasteiger charge is -2.15. The number of nitrogens with zero attached hydrogens (tertiary/aromatic N) is 4. The van der Waals surface area contributed by atoms with E-state index < -0.39 is 23.0 Å². The summed E-state index contributed by atoms with van der Waals surface area (Å²) in [7, 11) is 0. The maximum Gasteiger partial charge on any atom is 0.254 e. The van der Waals surface area contributed by atoms with Crippen LogP contribution >= 0.6 is 0 Å². The van der Waals surface area contributed by atoms with Crippen LogP contribution in [-0.4, -0.2) is 34.4 Å². The standard InChI is InChI=1S/C20H16FN5O3S/c1-12(13-6-16(30(28)29)8-22-7-13)25-20(27)18-9-23-11-19-17(18)10-24-26(19)15-4-2-14(21)3-5-15/h2-12H,1H3,(H,25,27)(H,28,29)/p-1/t12-/m0/s1. The fourth-order valence-corrected chi connectivity index (χ4v) is 3.41. The maximum atomic E-state index is 13.2. The third-order valence-corrected chi connectivity index (χ3v) is 5.20. The minimum atomic E-state index is -2.41. The molecule has 30 heavy (non-hydrogen) atoms. The molecule has 1 aromatic carbocycles. The fourth-order valence-electron chi connectivity index (χ4n) is 3.03. The van der Waals surface area contributed by atoms with Crippen LogP contribution in [0.4, 0.5) is 4.39 Å². The molecule has 0 saturated carbocycles. The summed E-state index contributed by atoms with van der Waals surface area (Å²) in [4.78, 5) is 21.0. The quantitative estimate of drug-likeness (QED) is 0.493. The van der Waals surface area contributed by atoms with Gasteiger partial charge in [-0.1, -0.05) is 0 Å².